The van der Waals surface area contributed by atoms with Gasteiger partial charge >= 0.3 is 6.18 Å². The van der Waals surface area contributed by atoms with Crippen molar-refractivity contribution in [2.24, 2.45) is 0 Å². The van der Waals surface area contributed by atoms with Crippen molar-refractivity contribution in [1.29, 1.82) is 0 Å². The maximum atomic E-state index is 14.1. The highest BCUT2D eigenvalue weighted by Crippen LogP contribution is 2.43. The molecule has 0 saturated heterocycles. The van der Waals surface area contributed by atoms with Crippen LogP contribution in [0.1, 0.15) is 26.9 Å². The second-order valence-electron chi connectivity index (χ2n) is 9.97. The van der Waals surface area contributed by atoms with E-state index in [-0.39, 0.29) is 42.2 Å². The Labute approximate surface area is 250 Å². The van der Waals surface area contributed by atoms with Crippen LogP contribution in [0.25, 0.3) is 0 Å². The molecule has 43 heavy (non-hydrogen) atoms. The Morgan fingerprint density at radius 2 is 1.81 bits per heavy atom. The van der Waals surface area contributed by atoms with Gasteiger partial charge in [0.15, 0.2) is 9.84 Å². The van der Waals surface area contributed by atoms with Gasteiger partial charge in [-0.2, -0.15) is 13.2 Å². The standard InChI is InChI=1S/C30H29F3N2O6S2/c1-40-23-5-2-19(3-6-23)14-28(29-34-10-13-42-29)43(38,39)24-7-9-26-27(17-24)41-12-11-35(26)25-8-4-21(30(31,32)33)15-20(25)16-22(37)18-36/h2-10,13,15,17,22,28,36-37H,11-12,14,16,18H2,1H3. The van der Waals surface area contributed by atoms with Crippen LogP contribution in [-0.2, 0) is 28.9 Å². The summed E-state index contributed by atoms with van der Waals surface area (Å²) in [5.41, 5.74) is 0.942. The number of thiazole rings is 1. The molecule has 0 bridgehead atoms. The third-order valence-corrected chi connectivity index (χ3v) is 10.3. The number of alkyl halides is 3. The lowest BCUT2D eigenvalue weighted by Gasteiger charge is -2.33. The number of ether oxygens (including phenoxy) is 2. The summed E-state index contributed by atoms with van der Waals surface area (Å²) in [7, 11) is -2.42. The normalized spacial score (nSPS) is 15.0. The van der Waals surface area contributed by atoms with E-state index in [2.05, 4.69) is 4.98 Å². The van der Waals surface area contributed by atoms with Crippen molar-refractivity contribution in [1.82, 2.24) is 4.98 Å². The molecule has 228 valence electrons. The van der Waals surface area contributed by atoms with Crippen LogP contribution in [0.15, 0.2) is 77.1 Å². The number of benzene rings is 3. The molecule has 0 saturated carbocycles. The predicted molar refractivity (Wildman–Crippen MR) is 156 cm³/mol. The second-order valence-corrected chi connectivity index (χ2v) is 13.0. The van der Waals surface area contributed by atoms with Gasteiger partial charge in [-0.05, 0) is 60.0 Å². The molecule has 8 nitrogen and oxygen atoms in total. The van der Waals surface area contributed by atoms with Crippen LogP contribution < -0.4 is 14.4 Å². The average Bonchev–Trinajstić information content (AvgIpc) is 3.53. The monoisotopic (exact) mass is 634 g/mol. The molecule has 2 heterocycles. The molecule has 1 aliphatic rings. The number of hydrogen-bond acceptors (Lipinski definition) is 9. The largest absolute Gasteiger partial charge is 0.497 e. The van der Waals surface area contributed by atoms with Crippen molar-refractivity contribution >= 4 is 32.5 Å². The molecule has 0 spiro atoms. The Morgan fingerprint density at radius 3 is 2.47 bits per heavy atom. The number of aromatic nitrogens is 1. The van der Waals surface area contributed by atoms with Gasteiger partial charge in [-0.25, -0.2) is 13.4 Å². The Morgan fingerprint density at radius 1 is 1.07 bits per heavy atom. The molecule has 2 atom stereocenters. The maximum Gasteiger partial charge on any atom is 0.416 e. The highest BCUT2D eigenvalue weighted by Gasteiger charge is 2.35. The Balaban J connectivity index is 1.51. The van der Waals surface area contributed by atoms with E-state index < -0.39 is 39.5 Å². The van der Waals surface area contributed by atoms with Crippen LogP contribution >= 0.6 is 11.3 Å². The average molecular weight is 635 g/mol. The van der Waals surface area contributed by atoms with Crippen molar-refractivity contribution in [3.05, 3.63) is 93.9 Å². The van der Waals surface area contributed by atoms with Crippen molar-refractivity contribution in [3.8, 4) is 11.5 Å². The number of anilines is 2. The minimum Gasteiger partial charge on any atom is -0.497 e. The van der Waals surface area contributed by atoms with Crippen molar-refractivity contribution in [3.63, 3.8) is 0 Å². The fourth-order valence-electron chi connectivity index (χ4n) is 5.00. The van der Waals surface area contributed by atoms with E-state index in [0.29, 0.717) is 22.1 Å². The van der Waals surface area contributed by atoms with Crippen molar-refractivity contribution < 1.29 is 41.3 Å². The third-order valence-electron chi connectivity index (χ3n) is 7.17. The topological polar surface area (TPSA) is 109 Å². The fraction of sp³-hybridized carbons (Fsp3) is 0.300. The zero-order valence-corrected chi connectivity index (χ0v) is 24.6. The van der Waals surface area contributed by atoms with E-state index in [1.54, 1.807) is 53.9 Å². The molecule has 3 aromatic carbocycles. The molecule has 4 aromatic rings. The van der Waals surface area contributed by atoms with Gasteiger partial charge in [0.1, 0.15) is 28.4 Å². The Kier molecular flexibility index (Phi) is 8.97. The summed E-state index contributed by atoms with van der Waals surface area (Å²) in [6.45, 7) is -0.208. The number of rotatable bonds is 10. The lowest BCUT2D eigenvalue weighted by atomic mass is 10.0. The molecule has 0 fully saturated rings. The predicted octanol–water partition coefficient (Wildman–Crippen LogP) is 5.35. The van der Waals surface area contributed by atoms with E-state index >= 15 is 0 Å². The Bertz CT molecular complexity index is 1660. The van der Waals surface area contributed by atoms with Crippen molar-refractivity contribution in [2.45, 2.75) is 35.3 Å². The van der Waals surface area contributed by atoms with E-state index in [1.165, 1.54) is 29.5 Å². The highest BCUT2D eigenvalue weighted by atomic mass is 32.2. The fourth-order valence-corrected chi connectivity index (χ4v) is 7.76. The summed E-state index contributed by atoms with van der Waals surface area (Å²) in [4.78, 5) is 6.04. The smallest absolute Gasteiger partial charge is 0.416 e. The van der Waals surface area contributed by atoms with E-state index in [1.807, 2.05) is 0 Å². The molecular formula is C30H29F3N2O6S2. The van der Waals surface area contributed by atoms with E-state index in [0.717, 1.165) is 17.7 Å². The third kappa shape index (κ3) is 6.64. The first-order valence-corrected chi connectivity index (χ1v) is 15.7. The van der Waals surface area contributed by atoms with Crippen LogP contribution in [0, 0.1) is 0 Å². The summed E-state index contributed by atoms with van der Waals surface area (Å²) in [5, 5.41) is 20.6. The summed E-state index contributed by atoms with van der Waals surface area (Å²) >= 11 is 1.24. The number of methoxy groups -OCH3 is 1. The number of hydrogen-bond donors (Lipinski definition) is 2. The minimum absolute atomic E-state index is 0.0187. The second kappa shape index (κ2) is 12.5. The summed E-state index contributed by atoms with van der Waals surface area (Å²) < 4.78 is 79.6. The lowest BCUT2D eigenvalue weighted by molar-refractivity contribution is -0.137. The maximum absolute atomic E-state index is 14.1. The first kappa shape index (κ1) is 30.8. The van der Waals surface area contributed by atoms with E-state index in [4.69, 9.17) is 9.47 Å². The zero-order chi connectivity index (χ0) is 30.8. The number of aliphatic hydroxyl groups excluding tert-OH is 2. The molecule has 1 aliphatic heterocycles. The number of nitrogens with zero attached hydrogens (tertiary/aromatic N) is 2. The van der Waals surface area contributed by atoms with Crippen LogP contribution in [0.2, 0.25) is 0 Å². The molecule has 13 heteroatoms. The van der Waals surface area contributed by atoms with E-state index in [9.17, 15) is 31.8 Å². The van der Waals surface area contributed by atoms with Gasteiger partial charge in [0.2, 0.25) is 0 Å². The molecule has 1 aromatic heterocycles. The first-order chi connectivity index (χ1) is 20.5. The quantitative estimate of drug-likeness (QED) is 0.240. The summed E-state index contributed by atoms with van der Waals surface area (Å²) in [6, 6.07) is 14.8. The molecule has 0 aliphatic carbocycles. The first-order valence-electron chi connectivity index (χ1n) is 13.3. The number of fused-ring (bicyclic) bond motifs is 1. The van der Waals surface area contributed by atoms with Crippen LogP contribution in [0.3, 0.4) is 0 Å². The van der Waals surface area contributed by atoms with Crippen LogP contribution in [0.5, 0.6) is 11.5 Å². The van der Waals surface area contributed by atoms with Gasteiger partial charge in [-0.15, -0.1) is 11.3 Å². The van der Waals surface area contributed by atoms with Gasteiger partial charge in [-0.1, -0.05) is 12.1 Å². The highest BCUT2D eigenvalue weighted by molar-refractivity contribution is 7.91. The number of sulfone groups is 1. The minimum atomic E-state index is -4.59. The Hall–Kier alpha value is -3.65. The van der Waals surface area contributed by atoms with Gasteiger partial charge in [0.05, 0.1) is 42.5 Å². The van der Waals surface area contributed by atoms with Crippen LogP contribution in [-0.4, -0.2) is 56.6 Å². The zero-order valence-electron chi connectivity index (χ0n) is 23.0. The molecule has 2 N–H and O–H groups in total. The van der Waals surface area contributed by atoms with Gasteiger partial charge < -0.3 is 24.6 Å². The molecule has 5 rings (SSSR count). The molecule has 0 amide bonds. The van der Waals surface area contributed by atoms with Crippen molar-refractivity contribution in [2.75, 3.05) is 31.8 Å². The number of halogens is 3. The van der Waals surface area contributed by atoms with Gasteiger partial charge in [0.25, 0.3) is 0 Å². The van der Waals surface area contributed by atoms with Crippen LogP contribution in [0.4, 0.5) is 24.5 Å². The van der Waals surface area contributed by atoms with Gasteiger partial charge in [-0.3, -0.25) is 0 Å². The molecule has 0 radical (unpaired) electrons. The SMILES string of the molecule is COc1ccc(CC(c2nccs2)S(=O)(=O)c2ccc3c(c2)OCCN3c2ccc(C(F)(F)F)cc2CC(O)CO)cc1. The summed E-state index contributed by atoms with van der Waals surface area (Å²) in [6.07, 6.45) is -4.34. The summed E-state index contributed by atoms with van der Waals surface area (Å²) in [5.74, 6) is 0.902. The molecule has 2 unspecified atom stereocenters. The lowest BCUT2D eigenvalue weighted by Crippen LogP contribution is -2.30. The number of aliphatic hydroxyl groups is 2. The molecular weight excluding hydrogens is 605 g/mol. The van der Waals surface area contributed by atoms with Gasteiger partial charge in [0, 0.05) is 29.8 Å².